The van der Waals surface area contributed by atoms with Gasteiger partial charge in [0, 0.05) is 20.6 Å². The van der Waals surface area contributed by atoms with E-state index in [4.69, 9.17) is 0 Å². The first kappa shape index (κ1) is 23.0. The fourth-order valence-electron chi connectivity index (χ4n) is 3.87. The van der Waals surface area contributed by atoms with Gasteiger partial charge in [-0.05, 0) is 61.8 Å². The lowest BCUT2D eigenvalue weighted by atomic mass is 10.0. The largest absolute Gasteiger partial charge is 0.300 e. The summed E-state index contributed by atoms with van der Waals surface area (Å²) in [6.45, 7) is 10.9. The van der Waals surface area contributed by atoms with Crippen molar-refractivity contribution in [2.45, 2.75) is 39.1 Å². The maximum absolute atomic E-state index is 13.2. The van der Waals surface area contributed by atoms with Gasteiger partial charge in [-0.2, -0.15) is 5.10 Å². The molecular weight excluding hydrogens is 408 g/mol. The van der Waals surface area contributed by atoms with E-state index in [-0.39, 0.29) is 4.90 Å². The molecule has 0 aliphatic rings. The first-order chi connectivity index (χ1) is 14.7. The van der Waals surface area contributed by atoms with Crippen LogP contribution in [-0.4, -0.2) is 43.2 Å². The molecule has 1 heterocycles. The van der Waals surface area contributed by atoms with Crippen LogP contribution in [0, 0.1) is 13.8 Å². The Morgan fingerprint density at radius 2 is 1.61 bits per heavy atom. The molecule has 1 aromatic heterocycles. The van der Waals surface area contributed by atoms with Crippen LogP contribution in [-0.2, 0) is 23.6 Å². The third kappa shape index (κ3) is 4.67. The summed E-state index contributed by atoms with van der Waals surface area (Å²) < 4.78 is 29.5. The summed E-state index contributed by atoms with van der Waals surface area (Å²) >= 11 is 0. The van der Waals surface area contributed by atoms with Gasteiger partial charge in [-0.1, -0.05) is 44.2 Å². The van der Waals surface area contributed by atoms with Crippen molar-refractivity contribution in [2.24, 2.45) is 7.05 Å². The first-order valence-electron chi connectivity index (χ1n) is 10.6. The van der Waals surface area contributed by atoms with Crippen LogP contribution in [0.1, 0.15) is 30.8 Å². The van der Waals surface area contributed by atoms with Gasteiger partial charge in [-0.15, -0.1) is 0 Å². The Hall–Kier alpha value is -2.64. The predicted octanol–water partition coefficient (Wildman–Crippen LogP) is 4.37. The maximum atomic E-state index is 13.2. The van der Waals surface area contributed by atoms with Crippen LogP contribution in [0.4, 0.5) is 5.69 Å². The summed E-state index contributed by atoms with van der Waals surface area (Å²) in [4.78, 5) is 2.63. The minimum atomic E-state index is -3.68. The number of anilines is 1. The van der Waals surface area contributed by atoms with Crippen LogP contribution < -0.4 is 4.31 Å². The molecule has 0 saturated heterocycles. The zero-order chi connectivity index (χ0) is 22.8. The van der Waals surface area contributed by atoms with E-state index < -0.39 is 10.0 Å². The smallest absolute Gasteiger partial charge is 0.264 e. The highest BCUT2D eigenvalue weighted by Gasteiger charge is 2.26. The molecule has 7 heteroatoms. The SMILES string of the molecule is CCN(CC)Cc1cccc(-c2ccc(S(=O)(=O)N(C)c3c(C)nn(C)c3C)cc2)c1. The Bertz CT molecular complexity index is 1150. The highest BCUT2D eigenvalue weighted by atomic mass is 32.2. The van der Waals surface area contributed by atoms with Crippen LogP contribution in [0.25, 0.3) is 11.1 Å². The first-order valence-corrected chi connectivity index (χ1v) is 12.0. The average Bonchev–Trinajstić information content (AvgIpc) is 3.02. The molecule has 31 heavy (non-hydrogen) atoms. The Labute approximate surface area is 186 Å². The lowest BCUT2D eigenvalue weighted by Gasteiger charge is -2.20. The molecule has 0 fully saturated rings. The lowest BCUT2D eigenvalue weighted by molar-refractivity contribution is 0.296. The molecule has 0 unspecified atom stereocenters. The number of rotatable bonds is 8. The van der Waals surface area contributed by atoms with Gasteiger partial charge >= 0.3 is 0 Å². The molecule has 2 aromatic carbocycles. The number of sulfonamides is 1. The van der Waals surface area contributed by atoms with Crippen molar-refractivity contribution in [1.82, 2.24) is 14.7 Å². The molecule has 0 atom stereocenters. The molecule has 0 bridgehead atoms. The molecule has 0 N–H and O–H groups in total. The van der Waals surface area contributed by atoms with E-state index in [0.29, 0.717) is 11.4 Å². The topological polar surface area (TPSA) is 58.4 Å². The zero-order valence-corrected chi connectivity index (χ0v) is 20.1. The standard InChI is InChI=1S/C24H32N4O2S/c1-7-28(8-2)17-20-10-9-11-22(16-20)21-12-14-23(15-13-21)31(29,30)27(6)24-18(3)25-26(5)19(24)4/h9-16H,7-8,17H2,1-6H3. The quantitative estimate of drug-likeness (QED) is 0.522. The van der Waals surface area contributed by atoms with Gasteiger partial charge < -0.3 is 0 Å². The number of aromatic nitrogens is 2. The van der Waals surface area contributed by atoms with Gasteiger partial charge in [0.25, 0.3) is 10.0 Å². The van der Waals surface area contributed by atoms with Crippen LogP contribution in [0.5, 0.6) is 0 Å². The van der Waals surface area contributed by atoms with Gasteiger partial charge in [0.05, 0.1) is 22.0 Å². The molecular formula is C24H32N4O2S. The molecule has 3 rings (SSSR count). The van der Waals surface area contributed by atoms with Crippen molar-refractivity contribution in [3.63, 3.8) is 0 Å². The van der Waals surface area contributed by atoms with Crippen LogP contribution in [0.3, 0.4) is 0 Å². The van der Waals surface area contributed by atoms with E-state index in [2.05, 4.69) is 48.1 Å². The summed E-state index contributed by atoms with van der Waals surface area (Å²) in [6.07, 6.45) is 0. The minimum absolute atomic E-state index is 0.265. The average molecular weight is 441 g/mol. The molecule has 0 spiro atoms. The van der Waals surface area contributed by atoms with Gasteiger partial charge in [-0.3, -0.25) is 13.9 Å². The fourth-order valence-corrected chi connectivity index (χ4v) is 5.17. The van der Waals surface area contributed by atoms with Crippen molar-refractivity contribution in [2.75, 3.05) is 24.4 Å². The number of aryl methyl sites for hydroxylation is 2. The Morgan fingerprint density at radius 1 is 0.968 bits per heavy atom. The van der Waals surface area contributed by atoms with E-state index >= 15 is 0 Å². The normalized spacial score (nSPS) is 11.8. The maximum Gasteiger partial charge on any atom is 0.264 e. The highest BCUT2D eigenvalue weighted by molar-refractivity contribution is 7.92. The second-order valence-corrected chi connectivity index (χ2v) is 9.77. The third-order valence-corrected chi connectivity index (χ3v) is 7.63. The summed E-state index contributed by atoms with van der Waals surface area (Å²) in [7, 11) is -0.285. The van der Waals surface area contributed by atoms with Gasteiger partial charge in [0.2, 0.25) is 0 Å². The van der Waals surface area contributed by atoms with E-state index in [0.717, 1.165) is 36.5 Å². The molecule has 0 aliphatic carbocycles. The number of hydrogen-bond acceptors (Lipinski definition) is 4. The molecule has 0 amide bonds. The Morgan fingerprint density at radius 3 is 2.16 bits per heavy atom. The van der Waals surface area contributed by atoms with Gasteiger partial charge in [0.1, 0.15) is 0 Å². The minimum Gasteiger partial charge on any atom is -0.300 e. The monoisotopic (exact) mass is 440 g/mol. The fraction of sp³-hybridized carbons (Fsp3) is 0.375. The Kier molecular flexibility index (Phi) is 6.86. The van der Waals surface area contributed by atoms with Crippen molar-refractivity contribution >= 4 is 15.7 Å². The molecule has 166 valence electrons. The van der Waals surface area contributed by atoms with Gasteiger partial charge in [-0.25, -0.2) is 8.42 Å². The molecule has 6 nitrogen and oxygen atoms in total. The van der Waals surface area contributed by atoms with Crippen molar-refractivity contribution in [3.8, 4) is 11.1 Å². The van der Waals surface area contributed by atoms with Crippen LogP contribution in [0.2, 0.25) is 0 Å². The van der Waals surface area contributed by atoms with E-state index in [1.165, 1.54) is 9.87 Å². The summed E-state index contributed by atoms with van der Waals surface area (Å²) in [5.41, 5.74) is 5.45. The summed E-state index contributed by atoms with van der Waals surface area (Å²) in [5, 5.41) is 4.34. The molecule has 3 aromatic rings. The number of benzene rings is 2. The Balaban J connectivity index is 1.87. The molecule has 0 aliphatic heterocycles. The van der Waals surface area contributed by atoms with Crippen molar-refractivity contribution in [1.29, 1.82) is 0 Å². The highest BCUT2D eigenvalue weighted by Crippen LogP contribution is 2.29. The summed E-state index contributed by atoms with van der Waals surface area (Å²) in [6, 6.07) is 15.5. The second kappa shape index (κ2) is 9.24. The van der Waals surface area contributed by atoms with E-state index in [9.17, 15) is 8.42 Å². The van der Waals surface area contributed by atoms with Gasteiger partial charge in [0.15, 0.2) is 0 Å². The predicted molar refractivity (Wildman–Crippen MR) is 127 cm³/mol. The molecule has 0 saturated carbocycles. The van der Waals surface area contributed by atoms with Crippen molar-refractivity contribution < 1.29 is 8.42 Å². The van der Waals surface area contributed by atoms with E-state index in [1.54, 1.807) is 23.9 Å². The number of nitrogens with zero attached hydrogens (tertiary/aromatic N) is 4. The second-order valence-electron chi connectivity index (χ2n) is 7.80. The van der Waals surface area contributed by atoms with E-state index in [1.807, 2.05) is 33.0 Å². The van der Waals surface area contributed by atoms with Crippen LogP contribution in [0.15, 0.2) is 53.4 Å². The van der Waals surface area contributed by atoms with Crippen LogP contribution >= 0.6 is 0 Å². The lowest BCUT2D eigenvalue weighted by Crippen LogP contribution is -2.27. The number of hydrogen-bond donors (Lipinski definition) is 0. The van der Waals surface area contributed by atoms with Crippen molar-refractivity contribution in [3.05, 3.63) is 65.5 Å². The summed E-state index contributed by atoms with van der Waals surface area (Å²) in [5.74, 6) is 0. The molecule has 0 radical (unpaired) electrons. The zero-order valence-electron chi connectivity index (χ0n) is 19.3. The third-order valence-electron chi connectivity index (χ3n) is 5.86.